The van der Waals surface area contributed by atoms with Crippen molar-refractivity contribution in [2.45, 2.75) is 26.3 Å². The van der Waals surface area contributed by atoms with E-state index in [0.717, 1.165) is 0 Å². The lowest BCUT2D eigenvalue weighted by atomic mass is 10.0. The van der Waals surface area contributed by atoms with Crippen molar-refractivity contribution in [2.24, 2.45) is 5.92 Å². The van der Waals surface area contributed by atoms with Crippen LogP contribution in [0.2, 0.25) is 5.28 Å². The summed E-state index contributed by atoms with van der Waals surface area (Å²) in [4.78, 5) is 23.6. The zero-order valence-corrected chi connectivity index (χ0v) is 12.2. The number of carbonyl (C=O) groups is 1. The van der Waals surface area contributed by atoms with Crippen LogP contribution in [0.15, 0.2) is 0 Å². The number of nitrogens with one attached hydrogen (secondary N) is 2. The Labute approximate surface area is 117 Å². The second-order valence-corrected chi connectivity index (χ2v) is 4.69. The Morgan fingerprint density at radius 2 is 1.95 bits per heavy atom. The maximum atomic E-state index is 11.7. The van der Waals surface area contributed by atoms with Crippen LogP contribution in [0.1, 0.15) is 20.3 Å². The van der Waals surface area contributed by atoms with E-state index in [0.29, 0.717) is 18.3 Å². The van der Waals surface area contributed by atoms with Crippen molar-refractivity contribution in [1.29, 1.82) is 0 Å². The minimum absolute atomic E-state index is 0.0509. The summed E-state index contributed by atoms with van der Waals surface area (Å²) in [6.45, 7) is 4.02. The fraction of sp³-hybridized carbons (Fsp3) is 0.636. The van der Waals surface area contributed by atoms with Gasteiger partial charge < -0.3 is 15.4 Å². The SMILES string of the molecule is CNc1nc(Cl)nc(NC(CC(C)C)C(=O)OC)n1. The number of aromatic nitrogens is 3. The van der Waals surface area contributed by atoms with Gasteiger partial charge in [-0.15, -0.1) is 0 Å². The fourth-order valence-corrected chi connectivity index (χ4v) is 1.67. The highest BCUT2D eigenvalue weighted by atomic mass is 35.5. The maximum absolute atomic E-state index is 11.7. The molecule has 1 unspecified atom stereocenters. The molecule has 0 saturated carbocycles. The van der Waals surface area contributed by atoms with E-state index in [-0.39, 0.29) is 17.2 Å². The number of esters is 1. The standard InChI is InChI=1S/C11H18ClN5O2/c1-6(2)5-7(8(18)19-4)14-11-16-9(12)15-10(13-3)17-11/h6-7H,5H2,1-4H3,(H2,13,14,15,16,17). The Kier molecular flexibility index (Phi) is 5.75. The van der Waals surface area contributed by atoms with Crippen LogP contribution < -0.4 is 10.6 Å². The maximum Gasteiger partial charge on any atom is 0.328 e. The Morgan fingerprint density at radius 3 is 2.47 bits per heavy atom. The van der Waals surface area contributed by atoms with Crippen LogP contribution in [-0.2, 0) is 9.53 Å². The van der Waals surface area contributed by atoms with Crippen molar-refractivity contribution in [3.8, 4) is 0 Å². The number of anilines is 2. The van der Waals surface area contributed by atoms with Crippen LogP contribution >= 0.6 is 11.6 Å². The number of nitrogens with zero attached hydrogens (tertiary/aromatic N) is 3. The van der Waals surface area contributed by atoms with Gasteiger partial charge in [-0.1, -0.05) is 13.8 Å². The van der Waals surface area contributed by atoms with Gasteiger partial charge in [0.05, 0.1) is 7.11 Å². The molecule has 1 heterocycles. The summed E-state index contributed by atoms with van der Waals surface area (Å²) in [5, 5.41) is 5.73. The first-order valence-corrected chi connectivity index (χ1v) is 6.27. The van der Waals surface area contributed by atoms with Crippen LogP contribution in [0.4, 0.5) is 11.9 Å². The van der Waals surface area contributed by atoms with Crippen LogP contribution in [0, 0.1) is 5.92 Å². The number of ether oxygens (including phenoxy) is 1. The number of rotatable bonds is 6. The Bertz CT molecular complexity index is 441. The Hall–Kier alpha value is -1.63. The predicted octanol–water partition coefficient (Wildman–Crippen LogP) is 1.57. The average Bonchev–Trinajstić information content (AvgIpc) is 2.35. The van der Waals surface area contributed by atoms with E-state index >= 15 is 0 Å². The molecule has 0 bridgehead atoms. The van der Waals surface area contributed by atoms with Gasteiger partial charge in [0.2, 0.25) is 17.2 Å². The summed E-state index contributed by atoms with van der Waals surface area (Å²) < 4.78 is 4.75. The third kappa shape index (κ3) is 4.86. The summed E-state index contributed by atoms with van der Waals surface area (Å²) in [5.74, 6) is 0.519. The van der Waals surface area contributed by atoms with Crippen molar-refractivity contribution in [1.82, 2.24) is 15.0 Å². The van der Waals surface area contributed by atoms with Crippen molar-refractivity contribution < 1.29 is 9.53 Å². The molecule has 0 aliphatic heterocycles. The van der Waals surface area contributed by atoms with E-state index < -0.39 is 6.04 Å². The quantitative estimate of drug-likeness (QED) is 0.768. The molecule has 1 rings (SSSR count). The predicted molar refractivity (Wildman–Crippen MR) is 73.3 cm³/mol. The summed E-state index contributed by atoms with van der Waals surface area (Å²) in [7, 11) is 3.01. The molecule has 1 aromatic rings. The van der Waals surface area contributed by atoms with Crippen LogP contribution in [-0.4, -0.2) is 41.1 Å². The highest BCUT2D eigenvalue weighted by Gasteiger charge is 2.21. The molecular formula is C11H18ClN5O2. The molecule has 0 aliphatic rings. The van der Waals surface area contributed by atoms with Gasteiger partial charge in [0.15, 0.2) is 0 Å². The van der Waals surface area contributed by atoms with Gasteiger partial charge >= 0.3 is 5.97 Å². The number of carbonyl (C=O) groups excluding carboxylic acids is 1. The van der Waals surface area contributed by atoms with Crippen molar-refractivity contribution in [3.05, 3.63) is 5.28 Å². The number of methoxy groups -OCH3 is 1. The van der Waals surface area contributed by atoms with Gasteiger partial charge in [-0.05, 0) is 23.9 Å². The molecule has 0 saturated heterocycles. The first-order chi connectivity index (χ1) is 8.96. The van der Waals surface area contributed by atoms with E-state index in [4.69, 9.17) is 16.3 Å². The van der Waals surface area contributed by atoms with Crippen LogP contribution in [0.25, 0.3) is 0 Å². The second-order valence-electron chi connectivity index (χ2n) is 4.35. The first kappa shape index (κ1) is 15.4. The summed E-state index contributed by atoms with van der Waals surface area (Å²) in [5.41, 5.74) is 0. The van der Waals surface area contributed by atoms with Crippen LogP contribution in [0.5, 0.6) is 0 Å². The molecule has 8 heteroatoms. The van der Waals surface area contributed by atoms with E-state index in [9.17, 15) is 4.79 Å². The summed E-state index contributed by atoms with van der Waals surface area (Å²) in [6, 6.07) is -0.520. The molecule has 7 nitrogen and oxygen atoms in total. The van der Waals surface area contributed by atoms with Gasteiger partial charge in [-0.3, -0.25) is 0 Å². The number of halogens is 1. The molecule has 0 amide bonds. The summed E-state index contributed by atoms with van der Waals surface area (Å²) >= 11 is 5.77. The lowest BCUT2D eigenvalue weighted by Crippen LogP contribution is -2.33. The normalized spacial score (nSPS) is 12.1. The molecule has 0 fully saturated rings. The lowest BCUT2D eigenvalue weighted by Gasteiger charge is -2.18. The van der Waals surface area contributed by atoms with Crippen molar-refractivity contribution in [3.63, 3.8) is 0 Å². The number of hydrogen-bond donors (Lipinski definition) is 2. The van der Waals surface area contributed by atoms with Gasteiger partial charge in [0, 0.05) is 7.05 Å². The average molecular weight is 288 g/mol. The first-order valence-electron chi connectivity index (χ1n) is 5.90. The minimum Gasteiger partial charge on any atom is -0.467 e. The largest absolute Gasteiger partial charge is 0.467 e. The Morgan fingerprint density at radius 1 is 1.32 bits per heavy atom. The van der Waals surface area contributed by atoms with E-state index in [1.807, 2.05) is 13.8 Å². The topological polar surface area (TPSA) is 89.0 Å². The molecule has 106 valence electrons. The zero-order chi connectivity index (χ0) is 14.4. The molecular weight excluding hydrogens is 270 g/mol. The highest BCUT2D eigenvalue weighted by molar-refractivity contribution is 6.28. The summed E-state index contributed by atoms with van der Waals surface area (Å²) in [6.07, 6.45) is 0.602. The van der Waals surface area contributed by atoms with E-state index in [2.05, 4.69) is 25.6 Å². The molecule has 19 heavy (non-hydrogen) atoms. The van der Waals surface area contributed by atoms with Crippen molar-refractivity contribution in [2.75, 3.05) is 24.8 Å². The third-order valence-electron chi connectivity index (χ3n) is 2.33. The Balaban J connectivity index is 2.89. The minimum atomic E-state index is -0.520. The molecule has 1 aromatic heterocycles. The zero-order valence-electron chi connectivity index (χ0n) is 11.4. The van der Waals surface area contributed by atoms with Gasteiger partial charge in [-0.25, -0.2) is 4.79 Å². The van der Waals surface area contributed by atoms with Gasteiger partial charge in [-0.2, -0.15) is 15.0 Å². The smallest absolute Gasteiger partial charge is 0.328 e. The van der Waals surface area contributed by atoms with Crippen molar-refractivity contribution >= 4 is 29.5 Å². The molecule has 0 aromatic carbocycles. The highest BCUT2D eigenvalue weighted by Crippen LogP contribution is 2.14. The molecule has 0 aliphatic carbocycles. The molecule has 2 N–H and O–H groups in total. The fourth-order valence-electron chi connectivity index (χ4n) is 1.51. The molecule has 0 spiro atoms. The number of hydrogen-bond acceptors (Lipinski definition) is 7. The monoisotopic (exact) mass is 287 g/mol. The molecule has 1 atom stereocenters. The lowest BCUT2D eigenvalue weighted by molar-refractivity contribution is -0.141. The van der Waals surface area contributed by atoms with Gasteiger partial charge in [0.25, 0.3) is 0 Å². The van der Waals surface area contributed by atoms with E-state index in [1.165, 1.54) is 7.11 Å². The second kappa shape index (κ2) is 7.08. The third-order valence-corrected chi connectivity index (χ3v) is 2.50. The van der Waals surface area contributed by atoms with Gasteiger partial charge in [0.1, 0.15) is 6.04 Å². The molecule has 0 radical (unpaired) electrons. The van der Waals surface area contributed by atoms with Crippen LogP contribution in [0.3, 0.4) is 0 Å². The van der Waals surface area contributed by atoms with E-state index in [1.54, 1.807) is 7.05 Å².